The van der Waals surface area contributed by atoms with Crippen LogP contribution in [-0.4, -0.2) is 5.78 Å². The van der Waals surface area contributed by atoms with Gasteiger partial charge in [-0.15, -0.1) is 0 Å². The highest BCUT2D eigenvalue weighted by Gasteiger charge is 2.21. The lowest BCUT2D eigenvalue weighted by molar-refractivity contribution is 0.103. The van der Waals surface area contributed by atoms with Crippen LogP contribution in [0.3, 0.4) is 0 Å². The summed E-state index contributed by atoms with van der Waals surface area (Å²) >= 11 is 0. The van der Waals surface area contributed by atoms with Gasteiger partial charge in [0, 0.05) is 5.56 Å². The molecular formula is C14H10F3NO. The molecule has 98 valence electrons. The summed E-state index contributed by atoms with van der Waals surface area (Å²) in [6, 6.07) is 6.05. The summed E-state index contributed by atoms with van der Waals surface area (Å²) in [6.45, 7) is 1.38. The van der Waals surface area contributed by atoms with Crippen molar-refractivity contribution in [3.63, 3.8) is 0 Å². The summed E-state index contributed by atoms with van der Waals surface area (Å²) in [5, 5.41) is 0. The molecule has 0 saturated carbocycles. The van der Waals surface area contributed by atoms with Crippen LogP contribution in [0.1, 0.15) is 21.5 Å². The zero-order chi connectivity index (χ0) is 14.2. The number of rotatable bonds is 2. The van der Waals surface area contributed by atoms with E-state index in [1.807, 2.05) is 0 Å². The third-order valence-corrected chi connectivity index (χ3v) is 2.82. The molecule has 0 aliphatic heterocycles. The van der Waals surface area contributed by atoms with Crippen LogP contribution in [0.4, 0.5) is 18.9 Å². The molecule has 0 fully saturated rings. The van der Waals surface area contributed by atoms with Gasteiger partial charge in [-0.2, -0.15) is 0 Å². The number of para-hydroxylation sites is 1. The van der Waals surface area contributed by atoms with Crippen LogP contribution >= 0.6 is 0 Å². The molecule has 2 nitrogen and oxygen atoms in total. The standard InChI is InChI=1S/C14H10F3NO/c1-7-5-6-8(12(17)11(7)16)14(19)9-3-2-4-10(15)13(9)18/h2-6H,18H2,1H3. The highest BCUT2D eigenvalue weighted by molar-refractivity contribution is 6.12. The maximum atomic E-state index is 13.7. The van der Waals surface area contributed by atoms with E-state index >= 15 is 0 Å². The SMILES string of the molecule is Cc1ccc(C(=O)c2cccc(F)c2N)c(F)c1F. The molecule has 5 heteroatoms. The Morgan fingerprint density at radius 1 is 1.00 bits per heavy atom. The molecule has 2 aromatic rings. The number of aryl methyl sites for hydroxylation is 1. The van der Waals surface area contributed by atoms with Gasteiger partial charge in [0.25, 0.3) is 0 Å². The topological polar surface area (TPSA) is 43.1 Å². The minimum Gasteiger partial charge on any atom is -0.396 e. The van der Waals surface area contributed by atoms with Crippen molar-refractivity contribution in [1.82, 2.24) is 0 Å². The Bertz CT molecular complexity index is 668. The summed E-state index contributed by atoms with van der Waals surface area (Å²) in [5.41, 5.74) is 4.47. The normalized spacial score (nSPS) is 10.5. The molecule has 0 amide bonds. The first-order valence-electron chi connectivity index (χ1n) is 5.46. The van der Waals surface area contributed by atoms with E-state index in [4.69, 9.17) is 5.73 Å². The lowest BCUT2D eigenvalue weighted by Gasteiger charge is -2.08. The van der Waals surface area contributed by atoms with Crippen molar-refractivity contribution in [2.24, 2.45) is 0 Å². The Hall–Kier alpha value is -2.30. The predicted molar refractivity (Wildman–Crippen MR) is 65.3 cm³/mol. The van der Waals surface area contributed by atoms with E-state index in [-0.39, 0.29) is 16.8 Å². The number of ketones is 1. The quantitative estimate of drug-likeness (QED) is 0.669. The van der Waals surface area contributed by atoms with Crippen molar-refractivity contribution in [3.05, 3.63) is 64.5 Å². The van der Waals surface area contributed by atoms with Crippen molar-refractivity contribution in [1.29, 1.82) is 0 Å². The fourth-order valence-electron chi connectivity index (χ4n) is 1.70. The third-order valence-electron chi connectivity index (χ3n) is 2.82. The first-order chi connectivity index (χ1) is 8.93. The maximum Gasteiger partial charge on any atom is 0.198 e. The van der Waals surface area contributed by atoms with Gasteiger partial charge in [-0.25, -0.2) is 13.2 Å². The molecule has 0 spiro atoms. The average Bonchev–Trinajstić information content (AvgIpc) is 2.39. The summed E-state index contributed by atoms with van der Waals surface area (Å²) in [7, 11) is 0. The molecule has 0 aliphatic rings. The molecule has 0 aliphatic carbocycles. The van der Waals surface area contributed by atoms with Crippen LogP contribution in [0.15, 0.2) is 30.3 Å². The van der Waals surface area contributed by atoms with Gasteiger partial charge in [0.05, 0.1) is 11.3 Å². The number of benzene rings is 2. The molecular weight excluding hydrogens is 255 g/mol. The summed E-state index contributed by atoms with van der Waals surface area (Å²) < 4.78 is 40.4. The first kappa shape index (κ1) is 13.1. The number of carbonyl (C=O) groups excluding carboxylic acids is 1. The lowest BCUT2D eigenvalue weighted by atomic mass is 9.99. The van der Waals surface area contributed by atoms with Crippen molar-refractivity contribution >= 4 is 11.5 Å². The number of hydrogen-bond donors (Lipinski definition) is 1. The third kappa shape index (κ3) is 2.19. The van der Waals surface area contributed by atoms with Crippen molar-refractivity contribution in [2.75, 3.05) is 5.73 Å². The highest BCUT2D eigenvalue weighted by Crippen LogP contribution is 2.23. The Morgan fingerprint density at radius 2 is 1.68 bits per heavy atom. The predicted octanol–water partition coefficient (Wildman–Crippen LogP) is 3.23. The molecule has 0 saturated heterocycles. The molecule has 2 aromatic carbocycles. The van der Waals surface area contributed by atoms with E-state index in [0.717, 1.165) is 12.1 Å². The van der Waals surface area contributed by atoms with E-state index in [2.05, 4.69) is 0 Å². The van der Waals surface area contributed by atoms with Gasteiger partial charge in [0.2, 0.25) is 0 Å². The van der Waals surface area contributed by atoms with Crippen LogP contribution in [-0.2, 0) is 0 Å². The van der Waals surface area contributed by atoms with E-state index in [9.17, 15) is 18.0 Å². The maximum absolute atomic E-state index is 13.7. The minimum atomic E-state index is -1.26. The Labute approximate surface area is 107 Å². The highest BCUT2D eigenvalue weighted by atomic mass is 19.2. The Balaban J connectivity index is 2.57. The first-order valence-corrected chi connectivity index (χ1v) is 5.46. The van der Waals surface area contributed by atoms with Crippen LogP contribution in [0.2, 0.25) is 0 Å². The molecule has 2 rings (SSSR count). The van der Waals surface area contributed by atoms with E-state index < -0.39 is 28.8 Å². The molecule has 0 radical (unpaired) electrons. The van der Waals surface area contributed by atoms with E-state index in [0.29, 0.717) is 0 Å². The number of hydrogen-bond acceptors (Lipinski definition) is 2. The van der Waals surface area contributed by atoms with E-state index in [1.54, 1.807) is 0 Å². The summed E-state index contributed by atoms with van der Waals surface area (Å²) in [6.07, 6.45) is 0. The molecule has 0 atom stereocenters. The van der Waals surface area contributed by atoms with Crippen LogP contribution in [0.25, 0.3) is 0 Å². The second-order valence-electron chi connectivity index (χ2n) is 4.09. The number of nitrogen functional groups attached to an aromatic ring is 1. The van der Waals surface area contributed by atoms with Gasteiger partial charge in [-0.1, -0.05) is 12.1 Å². The second-order valence-corrected chi connectivity index (χ2v) is 4.09. The van der Waals surface area contributed by atoms with Crippen molar-refractivity contribution < 1.29 is 18.0 Å². The fourth-order valence-corrected chi connectivity index (χ4v) is 1.70. The molecule has 0 bridgehead atoms. The molecule has 0 unspecified atom stereocenters. The zero-order valence-corrected chi connectivity index (χ0v) is 10.0. The van der Waals surface area contributed by atoms with Gasteiger partial charge >= 0.3 is 0 Å². The summed E-state index contributed by atoms with van der Waals surface area (Å²) in [4.78, 5) is 12.1. The van der Waals surface area contributed by atoms with Crippen molar-refractivity contribution in [2.45, 2.75) is 6.92 Å². The monoisotopic (exact) mass is 265 g/mol. The smallest absolute Gasteiger partial charge is 0.198 e. The molecule has 0 aromatic heterocycles. The van der Waals surface area contributed by atoms with Gasteiger partial charge in [0.1, 0.15) is 5.82 Å². The molecule has 19 heavy (non-hydrogen) atoms. The van der Waals surface area contributed by atoms with Gasteiger partial charge in [-0.05, 0) is 30.7 Å². The zero-order valence-electron chi connectivity index (χ0n) is 10.0. The summed E-state index contributed by atoms with van der Waals surface area (Å²) in [5.74, 6) is -3.98. The van der Waals surface area contributed by atoms with Crippen molar-refractivity contribution in [3.8, 4) is 0 Å². The largest absolute Gasteiger partial charge is 0.396 e. The van der Waals surface area contributed by atoms with Crippen LogP contribution in [0.5, 0.6) is 0 Å². The average molecular weight is 265 g/mol. The lowest BCUT2D eigenvalue weighted by Crippen LogP contribution is -2.10. The minimum absolute atomic E-state index is 0.0845. The number of carbonyl (C=O) groups is 1. The second kappa shape index (κ2) is 4.76. The van der Waals surface area contributed by atoms with Crippen LogP contribution in [0, 0.1) is 24.4 Å². The Morgan fingerprint density at radius 3 is 2.37 bits per heavy atom. The van der Waals surface area contributed by atoms with Crippen LogP contribution < -0.4 is 5.73 Å². The number of halogens is 3. The molecule has 0 heterocycles. The van der Waals surface area contributed by atoms with Gasteiger partial charge in [-0.3, -0.25) is 4.79 Å². The number of nitrogens with two attached hydrogens (primary N) is 1. The molecule has 2 N–H and O–H groups in total. The van der Waals surface area contributed by atoms with Gasteiger partial charge < -0.3 is 5.73 Å². The fraction of sp³-hybridized carbons (Fsp3) is 0.0714. The Kier molecular flexibility index (Phi) is 3.29. The van der Waals surface area contributed by atoms with Gasteiger partial charge in [0.15, 0.2) is 17.4 Å². The van der Waals surface area contributed by atoms with E-state index in [1.165, 1.54) is 25.1 Å². The number of anilines is 1.